The van der Waals surface area contributed by atoms with E-state index < -0.39 is 15.9 Å². The fraction of sp³-hybridized carbons (Fsp3) is 0.350. The number of benzene rings is 2. The highest BCUT2D eigenvalue weighted by molar-refractivity contribution is 7.89. The standard InChI is InChI=1S/C20H26N2O5S/c1-5-22(6-2)28(25,26)16-8-9-18(23)17(12-16)21-20(24)13-27-19-10-7-14(3)11-15(19)4/h7-12,23H,5-6,13H2,1-4H3,(H,21,24). The molecule has 2 aromatic carbocycles. The molecule has 7 nitrogen and oxygen atoms in total. The van der Waals surface area contributed by atoms with E-state index in [0.717, 1.165) is 11.1 Å². The molecule has 0 saturated carbocycles. The predicted molar refractivity (Wildman–Crippen MR) is 108 cm³/mol. The third-order valence-corrected chi connectivity index (χ3v) is 6.32. The van der Waals surface area contributed by atoms with E-state index in [-0.39, 0.29) is 22.9 Å². The Balaban J connectivity index is 2.14. The van der Waals surface area contributed by atoms with Crippen molar-refractivity contribution >= 4 is 21.6 Å². The van der Waals surface area contributed by atoms with Crippen LogP contribution in [0.4, 0.5) is 5.69 Å². The molecular formula is C20H26N2O5S. The lowest BCUT2D eigenvalue weighted by molar-refractivity contribution is -0.118. The number of nitrogens with one attached hydrogen (secondary N) is 1. The number of phenols is 1. The molecule has 0 aliphatic heterocycles. The lowest BCUT2D eigenvalue weighted by Gasteiger charge is -2.19. The van der Waals surface area contributed by atoms with Gasteiger partial charge in [0.05, 0.1) is 10.6 Å². The van der Waals surface area contributed by atoms with Gasteiger partial charge in [-0.05, 0) is 43.7 Å². The highest BCUT2D eigenvalue weighted by Crippen LogP contribution is 2.28. The molecule has 0 fully saturated rings. The molecule has 0 aromatic heterocycles. The topological polar surface area (TPSA) is 95.9 Å². The minimum Gasteiger partial charge on any atom is -0.506 e. The van der Waals surface area contributed by atoms with Crippen LogP contribution < -0.4 is 10.1 Å². The number of aryl methyl sites for hydroxylation is 2. The monoisotopic (exact) mass is 406 g/mol. The molecular weight excluding hydrogens is 380 g/mol. The van der Waals surface area contributed by atoms with E-state index in [1.165, 1.54) is 22.5 Å². The van der Waals surface area contributed by atoms with Gasteiger partial charge < -0.3 is 15.2 Å². The summed E-state index contributed by atoms with van der Waals surface area (Å²) in [7, 11) is -3.70. The lowest BCUT2D eigenvalue weighted by Crippen LogP contribution is -2.30. The minimum atomic E-state index is -3.70. The van der Waals surface area contributed by atoms with E-state index in [0.29, 0.717) is 18.8 Å². The van der Waals surface area contributed by atoms with Crippen molar-refractivity contribution in [1.29, 1.82) is 0 Å². The van der Waals surface area contributed by atoms with Gasteiger partial charge in [0, 0.05) is 13.1 Å². The van der Waals surface area contributed by atoms with Crippen molar-refractivity contribution in [2.24, 2.45) is 0 Å². The Labute approximate surface area is 166 Å². The van der Waals surface area contributed by atoms with Crippen LogP contribution >= 0.6 is 0 Å². The van der Waals surface area contributed by atoms with Crippen LogP contribution in [0.5, 0.6) is 11.5 Å². The average molecular weight is 407 g/mol. The van der Waals surface area contributed by atoms with Crippen molar-refractivity contribution in [2.75, 3.05) is 25.0 Å². The van der Waals surface area contributed by atoms with Gasteiger partial charge in [-0.3, -0.25) is 4.79 Å². The van der Waals surface area contributed by atoms with Crippen LogP contribution in [0.3, 0.4) is 0 Å². The van der Waals surface area contributed by atoms with Crippen LogP contribution in [0.25, 0.3) is 0 Å². The molecule has 0 aliphatic rings. The number of carbonyl (C=O) groups is 1. The van der Waals surface area contributed by atoms with Crippen molar-refractivity contribution in [3.05, 3.63) is 47.5 Å². The summed E-state index contributed by atoms with van der Waals surface area (Å²) < 4.78 is 32.1. The van der Waals surface area contributed by atoms with Crippen LogP contribution in [-0.2, 0) is 14.8 Å². The molecule has 2 aromatic rings. The van der Waals surface area contributed by atoms with E-state index in [4.69, 9.17) is 4.74 Å². The van der Waals surface area contributed by atoms with Crippen LogP contribution in [-0.4, -0.2) is 43.4 Å². The second-order valence-electron chi connectivity index (χ2n) is 6.37. The molecule has 0 atom stereocenters. The zero-order chi connectivity index (χ0) is 20.9. The number of sulfonamides is 1. The number of hydrogen-bond donors (Lipinski definition) is 2. The number of ether oxygens (including phenoxy) is 1. The molecule has 1 amide bonds. The molecule has 0 radical (unpaired) electrons. The van der Waals surface area contributed by atoms with Gasteiger partial charge in [0.15, 0.2) is 6.61 Å². The van der Waals surface area contributed by atoms with Gasteiger partial charge in [-0.25, -0.2) is 8.42 Å². The smallest absolute Gasteiger partial charge is 0.262 e. The largest absolute Gasteiger partial charge is 0.506 e. The number of carbonyl (C=O) groups excluding carboxylic acids is 1. The van der Waals surface area contributed by atoms with E-state index in [2.05, 4.69) is 5.32 Å². The molecule has 2 rings (SSSR count). The molecule has 2 N–H and O–H groups in total. The Morgan fingerprint density at radius 2 is 1.79 bits per heavy atom. The number of phenolic OH excluding ortho intramolecular Hbond substituents is 1. The number of hydrogen-bond acceptors (Lipinski definition) is 5. The number of amides is 1. The fourth-order valence-corrected chi connectivity index (χ4v) is 4.26. The lowest BCUT2D eigenvalue weighted by atomic mass is 10.1. The maximum atomic E-state index is 12.6. The van der Waals surface area contributed by atoms with E-state index in [9.17, 15) is 18.3 Å². The number of aromatic hydroxyl groups is 1. The maximum absolute atomic E-state index is 12.6. The number of nitrogens with zero attached hydrogens (tertiary/aromatic N) is 1. The normalized spacial score (nSPS) is 11.5. The Kier molecular flexibility index (Phi) is 7.04. The zero-order valence-electron chi connectivity index (χ0n) is 16.5. The molecule has 8 heteroatoms. The van der Waals surface area contributed by atoms with Gasteiger partial charge in [-0.1, -0.05) is 31.5 Å². The summed E-state index contributed by atoms with van der Waals surface area (Å²) in [6, 6.07) is 9.42. The Hall–Kier alpha value is -2.58. The van der Waals surface area contributed by atoms with E-state index in [1.54, 1.807) is 19.9 Å². The third-order valence-electron chi connectivity index (χ3n) is 4.27. The van der Waals surface area contributed by atoms with Crippen LogP contribution in [0.15, 0.2) is 41.3 Å². The van der Waals surface area contributed by atoms with Crippen molar-refractivity contribution < 1.29 is 23.1 Å². The molecule has 0 spiro atoms. The molecule has 0 bridgehead atoms. The van der Waals surface area contributed by atoms with Crippen molar-refractivity contribution in [3.8, 4) is 11.5 Å². The zero-order valence-corrected chi connectivity index (χ0v) is 17.3. The van der Waals surface area contributed by atoms with Gasteiger partial charge in [-0.15, -0.1) is 0 Å². The van der Waals surface area contributed by atoms with Crippen molar-refractivity contribution in [1.82, 2.24) is 4.31 Å². The number of anilines is 1. The molecule has 0 aliphatic carbocycles. The molecule has 0 heterocycles. The van der Waals surface area contributed by atoms with Gasteiger partial charge in [-0.2, -0.15) is 4.31 Å². The first-order chi connectivity index (χ1) is 13.2. The van der Waals surface area contributed by atoms with Crippen LogP contribution in [0, 0.1) is 13.8 Å². The highest BCUT2D eigenvalue weighted by Gasteiger charge is 2.23. The van der Waals surface area contributed by atoms with Gasteiger partial charge >= 0.3 is 0 Å². The van der Waals surface area contributed by atoms with Gasteiger partial charge in [0.1, 0.15) is 11.5 Å². The third kappa shape index (κ3) is 5.02. The summed E-state index contributed by atoms with van der Waals surface area (Å²) in [6.07, 6.45) is 0. The van der Waals surface area contributed by atoms with Crippen LogP contribution in [0.2, 0.25) is 0 Å². The first-order valence-electron chi connectivity index (χ1n) is 9.02. The Bertz CT molecular complexity index is 953. The fourth-order valence-electron chi connectivity index (χ4n) is 2.78. The van der Waals surface area contributed by atoms with Crippen molar-refractivity contribution in [3.63, 3.8) is 0 Å². The highest BCUT2D eigenvalue weighted by atomic mass is 32.2. The quantitative estimate of drug-likeness (QED) is 0.657. The Morgan fingerprint density at radius 1 is 1.11 bits per heavy atom. The second kappa shape index (κ2) is 9.07. The molecule has 28 heavy (non-hydrogen) atoms. The number of rotatable bonds is 8. The van der Waals surface area contributed by atoms with Crippen LogP contribution in [0.1, 0.15) is 25.0 Å². The summed E-state index contributed by atoms with van der Waals surface area (Å²) in [5, 5.41) is 12.5. The summed E-state index contributed by atoms with van der Waals surface area (Å²) in [4.78, 5) is 12.2. The molecule has 0 saturated heterocycles. The predicted octanol–water partition coefficient (Wildman–Crippen LogP) is 3.06. The van der Waals surface area contributed by atoms with E-state index >= 15 is 0 Å². The summed E-state index contributed by atoms with van der Waals surface area (Å²) in [5.41, 5.74) is 2.01. The summed E-state index contributed by atoms with van der Waals surface area (Å²) in [6.45, 7) is 7.72. The average Bonchev–Trinajstić information content (AvgIpc) is 2.63. The minimum absolute atomic E-state index is 0.000373. The van der Waals surface area contributed by atoms with Crippen molar-refractivity contribution in [2.45, 2.75) is 32.6 Å². The van der Waals surface area contributed by atoms with Gasteiger partial charge in [0.25, 0.3) is 5.91 Å². The first-order valence-corrected chi connectivity index (χ1v) is 10.5. The SMILES string of the molecule is CCN(CC)S(=O)(=O)c1ccc(O)c(NC(=O)COc2ccc(C)cc2C)c1. The van der Waals surface area contributed by atoms with Gasteiger partial charge in [0.2, 0.25) is 10.0 Å². The second-order valence-corrected chi connectivity index (χ2v) is 8.31. The first kappa shape index (κ1) is 21.7. The maximum Gasteiger partial charge on any atom is 0.262 e. The summed E-state index contributed by atoms with van der Waals surface area (Å²) in [5.74, 6) is -0.145. The molecule has 0 unspecified atom stereocenters. The Morgan fingerprint density at radius 3 is 2.39 bits per heavy atom. The summed E-state index contributed by atoms with van der Waals surface area (Å²) >= 11 is 0. The molecule has 152 valence electrons. The van der Waals surface area contributed by atoms with E-state index in [1.807, 2.05) is 26.0 Å².